The highest BCUT2D eigenvalue weighted by atomic mass is 15.4. The second kappa shape index (κ2) is 5.53. The molecule has 0 radical (unpaired) electrons. The monoisotopic (exact) mass is 308 g/mol. The zero-order chi connectivity index (χ0) is 15.8. The van der Waals surface area contributed by atoms with Gasteiger partial charge in [0.15, 0.2) is 0 Å². The van der Waals surface area contributed by atoms with Gasteiger partial charge in [0.1, 0.15) is 11.6 Å². The van der Waals surface area contributed by atoms with E-state index < -0.39 is 0 Å². The van der Waals surface area contributed by atoms with Crippen LogP contribution in [0.2, 0.25) is 0 Å². The van der Waals surface area contributed by atoms with E-state index in [1.165, 1.54) is 18.5 Å². The Morgan fingerprint density at radius 2 is 1.83 bits per heavy atom. The Morgan fingerprint density at radius 3 is 2.65 bits per heavy atom. The van der Waals surface area contributed by atoms with Gasteiger partial charge in [0, 0.05) is 24.8 Å². The van der Waals surface area contributed by atoms with E-state index in [1.54, 1.807) is 4.52 Å². The summed E-state index contributed by atoms with van der Waals surface area (Å²) >= 11 is 0. The van der Waals surface area contributed by atoms with Gasteiger partial charge in [-0.3, -0.25) is 0 Å². The minimum Gasteiger partial charge on any atom is -0.370 e. The summed E-state index contributed by atoms with van der Waals surface area (Å²) in [5.74, 6) is 2.24. The predicted octanol–water partition coefficient (Wildman–Crippen LogP) is 3.08. The number of fused-ring (bicyclic) bond motifs is 1. The number of nitrogens with one attached hydrogen (secondary N) is 1. The van der Waals surface area contributed by atoms with Gasteiger partial charge in [-0.1, -0.05) is 12.1 Å². The summed E-state index contributed by atoms with van der Waals surface area (Å²) in [6, 6.07) is 10.4. The molecule has 0 amide bonds. The number of aromatic nitrogens is 4. The molecule has 0 atom stereocenters. The molecular weight excluding hydrogens is 288 g/mol. The van der Waals surface area contributed by atoms with Crippen molar-refractivity contribution in [1.82, 2.24) is 19.6 Å². The Labute approximate surface area is 135 Å². The minimum atomic E-state index is 0.628. The van der Waals surface area contributed by atoms with Crippen LogP contribution in [0.5, 0.6) is 0 Å². The second-order valence-electron chi connectivity index (χ2n) is 5.99. The molecule has 4 rings (SSSR count). The van der Waals surface area contributed by atoms with Crippen LogP contribution in [0.3, 0.4) is 0 Å². The maximum absolute atomic E-state index is 4.44. The van der Waals surface area contributed by atoms with E-state index in [0.717, 1.165) is 36.1 Å². The molecule has 1 saturated heterocycles. The normalized spacial score (nSPS) is 14.6. The predicted molar refractivity (Wildman–Crippen MR) is 91.4 cm³/mol. The average molecular weight is 308 g/mol. The maximum atomic E-state index is 4.44. The maximum Gasteiger partial charge on any atom is 0.254 e. The van der Waals surface area contributed by atoms with Crippen molar-refractivity contribution in [2.24, 2.45) is 0 Å². The molecule has 23 heavy (non-hydrogen) atoms. The van der Waals surface area contributed by atoms with Crippen LogP contribution in [-0.2, 0) is 0 Å². The molecule has 6 heteroatoms. The molecule has 1 aliphatic heterocycles. The van der Waals surface area contributed by atoms with Gasteiger partial charge in [0.25, 0.3) is 5.78 Å². The van der Waals surface area contributed by atoms with Crippen LogP contribution in [0.4, 0.5) is 17.2 Å². The average Bonchev–Trinajstić information content (AvgIpc) is 3.16. The molecule has 118 valence electrons. The van der Waals surface area contributed by atoms with Crippen molar-refractivity contribution >= 4 is 23.0 Å². The quantitative estimate of drug-likeness (QED) is 0.806. The highest BCUT2D eigenvalue weighted by molar-refractivity contribution is 5.75. The summed E-state index contributed by atoms with van der Waals surface area (Å²) in [6.07, 6.45) is 2.52. The van der Waals surface area contributed by atoms with E-state index in [9.17, 15) is 0 Å². The summed E-state index contributed by atoms with van der Waals surface area (Å²) in [7, 11) is 0. The van der Waals surface area contributed by atoms with Crippen LogP contribution in [0.25, 0.3) is 5.78 Å². The van der Waals surface area contributed by atoms with Crippen molar-refractivity contribution in [1.29, 1.82) is 0 Å². The molecule has 1 aromatic carbocycles. The SMILES string of the molecule is Cc1cc(Nc2ccccc2N2CCCC2)n2nc(C)nc2n1. The lowest BCUT2D eigenvalue weighted by Crippen LogP contribution is -2.19. The number of aryl methyl sites for hydroxylation is 2. The zero-order valence-corrected chi connectivity index (χ0v) is 13.5. The minimum absolute atomic E-state index is 0.628. The summed E-state index contributed by atoms with van der Waals surface area (Å²) in [5, 5.41) is 7.97. The van der Waals surface area contributed by atoms with Gasteiger partial charge in [-0.15, -0.1) is 5.10 Å². The van der Waals surface area contributed by atoms with Crippen LogP contribution in [0.15, 0.2) is 30.3 Å². The third-order valence-corrected chi connectivity index (χ3v) is 4.16. The smallest absolute Gasteiger partial charge is 0.254 e. The van der Waals surface area contributed by atoms with Gasteiger partial charge in [0.05, 0.1) is 11.4 Å². The van der Waals surface area contributed by atoms with Crippen LogP contribution >= 0.6 is 0 Å². The Morgan fingerprint density at radius 1 is 1.04 bits per heavy atom. The second-order valence-corrected chi connectivity index (χ2v) is 5.99. The first-order chi connectivity index (χ1) is 11.2. The van der Waals surface area contributed by atoms with Crippen LogP contribution < -0.4 is 10.2 Å². The molecule has 3 heterocycles. The number of hydrogen-bond donors (Lipinski definition) is 1. The van der Waals surface area contributed by atoms with Crippen molar-refractivity contribution in [3.05, 3.63) is 41.9 Å². The Hall–Kier alpha value is -2.63. The Balaban J connectivity index is 1.76. The number of hydrogen-bond acceptors (Lipinski definition) is 5. The standard InChI is InChI=1S/C17H20N6/c1-12-11-16(23-17(18-12)19-13(2)21-23)20-14-7-3-4-8-15(14)22-9-5-6-10-22/h3-4,7-8,11,20H,5-6,9-10H2,1-2H3. The first kappa shape index (κ1) is 14.0. The third-order valence-electron chi connectivity index (χ3n) is 4.16. The van der Waals surface area contributed by atoms with Gasteiger partial charge in [-0.2, -0.15) is 9.50 Å². The first-order valence-corrected chi connectivity index (χ1v) is 8.03. The first-order valence-electron chi connectivity index (χ1n) is 8.03. The van der Waals surface area contributed by atoms with E-state index in [-0.39, 0.29) is 0 Å². The summed E-state index contributed by atoms with van der Waals surface area (Å²) in [4.78, 5) is 11.2. The van der Waals surface area contributed by atoms with Crippen molar-refractivity contribution in [3.8, 4) is 0 Å². The summed E-state index contributed by atoms with van der Waals surface area (Å²) in [5.41, 5.74) is 3.25. The Kier molecular flexibility index (Phi) is 3.37. The molecule has 1 fully saturated rings. The Bertz CT molecular complexity index is 847. The van der Waals surface area contributed by atoms with Gasteiger partial charge >= 0.3 is 0 Å². The topological polar surface area (TPSA) is 58.4 Å². The van der Waals surface area contributed by atoms with Crippen LogP contribution in [0, 0.1) is 13.8 Å². The van der Waals surface area contributed by atoms with Crippen molar-refractivity contribution < 1.29 is 0 Å². The molecular formula is C17H20N6. The number of para-hydroxylation sites is 2. The largest absolute Gasteiger partial charge is 0.370 e. The molecule has 0 spiro atoms. The lowest BCUT2D eigenvalue weighted by molar-refractivity contribution is 0.915. The van der Waals surface area contributed by atoms with Gasteiger partial charge in [-0.05, 0) is 38.8 Å². The fraction of sp³-hybridized carbons (Fsp3) is 0.353. The lowest BCUT2D eigenvalue weighted by Gasteiger charge is -2.22. The van der Waals surface area contributed by atoms with Crippen LogP contribution in [-0.4, -0.2) is 32.7 Å². The number of rotatable bonds is 3. The fourth-order valence-corrected chi connectivity index (χ4v) is 3.13. The van der Waals surface area contributed by atoms with Gasteiger partial charge in [-0.25, -0.2) is 4.98 Å². The third kappa shape index (κ3) is 2.60. The molecule has 0 bridgehead atoms. The molecule has 0 unspecified atom stereocenters. The summed E-state index contributed by atoms with van der Waals surface area (Å²) < 4.78 is 1.77. The highest BCUT2D eigenvalue weighted by Crippen LogP contribution is 2.31. The van der Waals surface area contributed by atoms with E-state index in [4.69, 9.17) is 0 Å². The van der Waals surface area contributed by atoms with E-state index in [2.05, 4.69) is 49.5 Å². The van der Waals surface area contributed by atoms with E-state index in [1.807, 2.05) is 19.9 Å². The van der Waals surface area contributed by atoms with Crippen molar-refractivity contribution in [2.45, 2.75) is 26.7 Å². The molecule has 6 nitrogen and oxygen atoms in total. The van der Waals surface area contributed by atoms with E-state index >= 15 is 0 Å². The number of anilines is 3. The fourth-order valence-electron chi connectivity index (χ4n) is 3.13. The summed E-state index contributed by atoms with van der Waals surface area (Å²) in [6.45, 7) is 6.09. The molecule has 1 aliphatic rings. The lowest BCUT2D eigenvalue weighted by atomic mass is 10.2. The highest BCUT2D eigenvalue weighted by Gasteiger charge is 2.16. The van der Waals surface area contributed by atoms with Crippen molar-refractivity contribution in [2.75, 3.05) is 23.3 Å². The van der Waals surface area contributed by atoms with Crippen LogP contribution in [0.1, 0.15) is 24.4 Å². The van der Waals surface area contributed by atoms with Gasteiger partial charge < -0.3 is 10.2 Å². The van der Waals surface area contributed by atoms with E-state index in [0.29, 0.717) is 5.78 Å². The molecule has 0 saturated carbocycles. The number of nitrogens with zero attached hydrogens (tertiary/aromatic N) is 5. The zero-order valence-electron chi connectivity index (χ0n) is 13.5. The number of benzene rings is 1. The van der Waals surface area contributed by atoms with Crippen molar-refractivity contribution in [3.63, 3.8) is 0 Å². The van der Waals surface area contributed by atoms with Gasteiger partial charge in [0.2, 0.25) is 0 Å². The molecule has 3 aromatic rings. The molecule has 1 N–H and O–H groups in total. The molecule has 0 aliphatic carbocycles. The molecule has 2 aromatic heterocycles.